The van der Waals surface area contributed by atoms with Crippen LogP contribution in [-0.4, -0.2) is 31.6 Å². The predicted molar refractivity (Wildman–Crippen MR) is 83.5 cm³/mol. The molecule has 1 heterocycles. The molecule has 0 spiro atoms. The fourth-order valence-electron chi connectivity index (χ4n) is 2.45. The lowest BCUT2D eigenvalue weighted by Gasteiger charge is -2.30. The first-order valence-electron chi connectivity index (χ1n) is 6.78. The van der Waals surface area contributed by atoms with Gasteiger partial charge in [-0.2, -0.15) is 11.8 Å². The van der Waals surface area contributed by atoms with Gasteiger partial charge in [0.15, 0.2) is 0 Å². The normalized spacial score (nSPS) is 11.9. The number of aromatic nitrogens is 2. The first-order valence-corrected chi connectivity index (χ1v) is 8.01. The maximum absolute atomic E-state index is 11.1. The van der Waals surface area contributed by atoms with E-state index in [9.17, 15) is 4.79 Å². The highest BCUT2D eigenvalue weighted by Gasteiger charge is 2.26. The second-order valence-electron chi connectivity index (χ2n) is 4.98. The molecule has 5 heteroatoms. The fraction of sp³-hybridized carbons (Fsp3) is 0.467. The zero-order chi connectivity index (χ0) is 14.8. The Labute approximate surface area is 123 Å². The maximum Gasteiger partial charge on any atom is 0.335 e. The summed E-state index contributed by atoms with van der Waals surface area (Å²) in [6.45, 7) is 5.24. The van der Waals surface area contributed by atoms with Crippen molar-refractivity contribution in [3.05, 3.63) is 30.1 Å². The summed E-state index contributed by atoms with van der Waals surface area (Å²) in [7, 11) is 0. The Balaban J connectivity index is 2.44. The van der Waals surface area contributed by atoms with E-state index < -0.39 is 5.97 Å². The summed E-state index contributed by atoms with van der Waals surface area (Å²) in [6, 6.07) is 5.08. The Kier molecular flexibility index (Phi) is 4.38. The van der Waals surface area contributed by atoms with Crippen molar-refractivity contribution in [2.75, 3.05) is 6.26 Å². The van der Waals surface area contributed by atoms with Crippen LogP contribution in [0.3, 0.4) is 0 Å². The fourth-order valence-corrected chi connectivity index (χ4v) is 3.30. The highest BCUT2D eigenvalue weighted by atomic mass is 32.2. The van der Waals surface area contributed by atoms with E-state index in [1.165, 1.54) is 0 Å². The molecule has 0 saturated heterocycles. The molecule has 1 aromatic heterocycles. The van der Waals surface area contributed by atoms with Gasteiger partial charge in [0.1, 0.15) is 0 Å². The highest BCUT2D eigenvalue weighted by Crippen LogP contribution is 2.33. The van der Waals surface area contributed by atoms with E-state index in [0.717, 1.165) is 30.4 Å². The van der Waals surface area contributed by atoms with Gasteiger partial charge in [-0.25, -0.2) is 9.78 Å². The first kappa shape index (κ1) is 14.9. The minimum atomic E-state index is -0.901. The van der Waals surface area contributed by atoms with Crippen LogP contribution in [0.25, 0.3) is 11.0 Å². The molecule has 0 amide bonds. The average Bonchev–Trinajstić information content (AvgIpc) is 2.87. The summed E-state index contributed by atoms with van der Waals surface area (Å²) < 4.78 is 2.25. The van der Waals surface area contributed by atoms with Crippen LogP contribution in [0.4, 0.5) is 0 Å². The number of hydrogen-bond acceptors (Lipinski definition) is 3. The third-order valence-electron chi connectivity index (χ3n) is 4.05. The number of fused-ring (bicyclic) bond motifs is 1. The zero-order valence-corrected chi connectivity index (χ0v) is 12.9. The summed E-state index contributed by atoms with van der Waals surface area (Å²) >= 11 is 1.87. The quantitative estimate of drug-likeness (QED) is 0.883. The molecule has 0 aliphatic rings. The monoisotopic (exact) mass is 292 g/mol. The van der Waals surface area contributed by atoms with E-state index >= 15 is 0 Å². The largest absolute Gasteiger partial charge is 0.478 e. The number of carbonyl (C=O) groups is 1. The van der Waals surface area contributed by atoms with Gasteiger partial charge in [-0.15, -0.1) is 0 Å². The number of carboxylic acid groups (broad SMARTS) is 1. The van der Waals surface area contributed by atoms with Crippen molar-refractivity contribution in [2.24, 2.45) is 0 Å². The lowest BCUT2D eigenvalue weighted by molar-refractivity contribution is 0.0697. The molecule has 108 valence electrons. The van der Waals surface area contributed by atoms with Gasteiger partial charge >= 0.3 is 5.97 Å². The summed E-state index contributed by atoms with van der Waals surface area (Å²) in [6.07, 6.45) is 6.09. The number of hydrogen-bond donors (Lipinski definition) is 1. The van der Waals surface area contributed by atoms with Crippen molar-refractivity contribution in [1.82, 2.24) is 9.55 Å². The molecular formula is C15H20N2O2S. The van der Waals surface area contributed by atoms with Crippen molar-refractivity contribution in [3.8, 4) is 0 Å². The van der Waals surface area contributed by atoms with E-state index in [1.807, 2.05) is 18.1 Å². The molecule has 2 rings (SSSR count). The molecule has 0 aliphatic heterocycles. The lowest BCUT2D eigenvalue weighted by atomic mass is 10.0. The van der Waals surface area contributed by atoms with E-state index in [-0.39, 0.29) is 4.75 Å². The Morgan fingerprint density at radius 1 is 1.40 bits per heavy atom. The third kappa shape index (κ3) is 2.68. The minimum Gasteiger partial charge on any atom is -0.478 e. The molecule has 1 aromatic carbocycles. The average molecular weight is 292 g/mol. The summed E-state index contributed by atoms with van der Waals surface area (Å²) in [5, 5.41) is 9.11. The van der Waals surface area contributed by atoms with Gasteiger partial charge in [-0.05, 0) is 37.3 Å². The number of thioether (sulfide) groups is 1. The number of benzene rings is 1. The minimum absolute atomic E-state index is 0.173. The summed E-state index contributed by atoms with van der Waals surface area (Å²) in [5.41, 5.74) is 2.05. The van der Waals surface area contributed by atoms with E-state index in [2.05, 4.69) is 29.7 Å². The van der Waals surface area contributed by atoms with Crippen LogP contribution in [0.15, 0.2) is 24.5 Å². The van der Waals surface area contributed by atoms with Gasteiger partial charge in [0.05, 0.1) is 22.9 Å². The Morgan fingerprint density at radius 3 is 2.65 bits per heavy atom. The molecule has 0 fully saturated rings. The highest BCUT2D eigenvalue weighted by molar-refractivity contribution is 8.00. The third-order valence-corrected chi connectivity index (χ3v) is 5.62. The standard InChI is InChI=1S/C15H20N2O2S/c1-4-15(5-2,20-3)9-17-10-16-12-7-6-11(14(18)19)8-13(12)17/h6-8,10H,4-5,9H2,1-3H3,(H,18,19). The lowest BCUT2D eigenvalue weighted by Crippen LogP contribution is -2.28. The Bertz CT molecular complexity index is 609. The molecule has 1 N–H and O–H groups in total. The van der Waals surface area contributed by atoms with Crippen molar-refractivity contribution >= 4 is 28.8 Å². The molecule has 0 radical (unpaired) electrons. The zero-order valence-electron chi connectivity index (χ0n) is 12.1. The second-order valence-corrected chi connectivity index (χ2v) is 6.25. The predicted octanol–water partition coefficient (Wildman–Crippen LogP) is 3.66. The van der Waals surface area contributed by atoms with Crippen LogP contribution in [0, 0.1) is 0 Å². The van der Waals surface area contributed by atoms with Crippen molar-refractivity contribution < 1.29 is 9.90 Å². The van der Waals surface area contributed by atoms with Crippen LogP contribution in [0.5, 0.6) is 0 Å². The number of imidazole rings is 1. The van der Waals surface area contributed by atoms with Gasteiger partial charge in [-0.3, -0.25) is 0 Å². The summed E-state index contributed by atoms with van der Waals surface area (Å²) in [5.74, 6) is -0.901. The SMILES string of the molecule is CCC(CC)(Cn1cnc2ccc(C(=O)O)cc21)SC. The van der Waals surface area contributed by atoms with Crippen LogP contribution >= 0.6 is 11.8 Å². The Morgan fingerprint density at radius 2 is 2.10 bits per heavy atom. The Hall–Kier alpha value is -1.49. The van der Waals surface area contributed by atoms with Gasteiger partial charge in [0, 0.05) is 11.3 Å². The number of aromatic carboxylic acids is 1. The number of rotatable bonds is 6. The van der Waals surface area contributed by atoms with Crippen LogP contribution in [-0.2, 0) is 6.54 Å². The van der Waals surface area contributed by atoms with Gasteiger partial charge in [0.2, 0.25) is 0 Å². The number of nitrogens with zero attached hydrogens (tertiary/aromatic N) is 2. The van der Waals surface area contributed by atoms with Gasteiger partial charge in [0.25, 0.3) is 0 Å². The molecule has 20 heavy (non-hydrogen) atoms. The van der Waals surface area contributed by atoms with Crippen LogP contribution in [0.2, 0.25) is 0 Å². The van der Waals surface area contributed by atoms with E-state index in [4.69, 9.17) is 5.11 Å². The molecule has 2 aromatic rings. The molecule has 0 bridgehead atoms. The van der Waals surface area contributed by atoms with Crippen molar-refractivity contribution in [3.63, 3.8) is 0 Å². The maximum atomic E-state index is 11.1. The second kappa shape index (κ2) is 5.87. The van der Waals surface area contributed by atoms with Gasteiger partial charge < -0.3 is 9.67 Å². The van der Waals surface area contributed by atoms with E-state index in [0.29, 0.717) is 5.56 Å². The topological polar surface area (TPSA) is 55.1 Å². The summed E-state index contributed by atoms with van der Waals surface area (Å²) in [4.78, 5) is 15.5. The van der Waals surface area contributed by atoms with Crippen LogP contribution in [0.1, 0.15) is 37.0 Å². The van der Waals surface area contributed by atoms with Gasteiger partial charge in [-0.1, -0.05) is 13.8 Å². The molecule has 0 aliphatic carbocycles. The van der Waals surface area contributed by atoms with Crippen LogP contribution < -0.4 is 0 Å². The van der Waals surface area contributed by atoms with Crippen molar-refractivity contribution in [2.45, 2.75) is 38.0 Å². The van der Waals surface area contributed by atoms with E-state index in [1.54, 1.807) is 18.2 Å². The first-order chi connectivity index (χ1) is 9.55. The van der Waals surface area contributed by atoms with Crippen molar-refractivity contribution in [1.29, 1.82) is 0 Å². The molecule has 0 atom stereocenters. The number of carboxylic acids is 1. The molecular weight excluding hydrogens is 272 g/mol. The molecule has 0 unspecified atom stereocenters. The smallest absolute Gasteiger partial charge is 0.335 e. The molecule has 0 saturated carbocycles. The molecule has 4 nitrogen and oxygen atoms in total.